The molecule has 10 heteroatoms. The van der Waals surface area contributed by atoms with E-state index in [-0.39, 0.29) is 23.0 Å². The number of hydrogen-bond donors (Lipinski definition) is 1. The number of aliphatic hydroxyl groups is 1. The van der Waals surface area contributed by atoms with Gasteiger partial charge in [-0.05, 0) is 49.6 Å². The van der Waals surface area contributed by atoms with E-state index in [4.69, 9.17) is 4.74 Å². The van der Waals surface area contributed by atoms with Crippen LogP contribution in [0.25, 0.3) is 0 Å². The number of amides is 2. The number of aliphatic hydroxyl groups excluding tert-OH is 1. The monoisotopic (exact) mass is 443 g/mol. The van der Waals surface area contributed by atoms with E-state index in [0.29, 0.717) is 43.1 Å². The Labute approximate surface area is 185 Å². The van der Waals surface area contributed by atoms with Crippen molar-refractivity contribution in [1.82, 2.24) is 9.88 Å². The van der Waals surface area contributed by atoms with Crippen LogP contribution < -0.4 is 14.6 Å². The van der Waals surface area contributed by atoms with Crippen molar-refractivity contribution in [1.29, 1.82) is 0 Å². The van der Waals surface area contributed by atoms with Gasteiger partial charge in [0, 0.05) is 31.9 Å². The topological polar surface area (TPSA) is 98.6 Å². The Balaban J connectivity index is 2.01. The molecule has 1 aromatic carbocycles. The van der Waals surface area contributed by atoms with Gasteiger partial charge in [0.2, 0.25) is 12.3 Å². The van der Waals surface area contributed by atoms with Crippen molar-refractivity contribution in [3.05, 3.63) is 46.9 Å². The van der Waals surface area contributed by atoms with Gasteiger partial charge in [-0.2, -0.15) is 5.01 Å². The molecule has 0 unspecified atom stereocenters. The van der Waals surface area contributed by atoms with Crippen LogP contribution in [-0.4, -0.2) is 67.0 Å². The zero-order chi connectivity index (χ0) is 23.4. The number of amidine groups is 1. The number of likely N-dealkylation sites (N-methyl/N-ethyl adjacent to an activating group) is 1. The number of halogens is 1. The molecular weight excluding hydrogens is 417 g/mol. The molecule has 0 saturated heterocycles. The molecular formula is C22H26FN5O4. The van der Waals surface area contributed by atoms with E-state index in [9.17, 15) is 14.7 Å². The van der Waals surface area contributed by atoms with Crippen molar-refractivity contribution in [2.45, 2.75) is 20.3 Å². The van der Waals surface area contributed by atoms with Gasteiger partial charge in [0.1, 0.15) is 23.8 Å². The molecule has 3 rings (SSSR count). The predicted octanol–water partition coefficient (Wildman–Crippen LogP) is 1.96. The lowest BCUT2D eigenvalue weighted by atomic mass is 9.97. The molecule has 1 aromatic heterocycles. The Hall–Kier alpha value is -3.53. The molecule has 2 amide bonds. The first-order chi connectivity index (χ1) is 15.4. The van der Waals surface area contributed by atoms with Gasteiger partial charge < -0.3 is 19.6 Å². The van der Waals surface area contributed by atoms with E-state index in [0.717, 1.165) is 16.6 Å². The lowest BCUT2D eigenvalue weighted by Crippen LogP contribution is -2.39. The molecule has 1 N–H and O–H groups in total. The lowest BCUT2D eigenvalue weighted by molar-refractivity contribution is -0.107. The number of anilines is 2. The van der Waals surface area contributed by atoms with Gasteiger partial charge in [0.25, 0.3) is 5.91 Å². The Morgan fingerprint density at radius 2 is 2.19 bits per heavy atom. The molecule has 0 spiro atoms. The first-order valence-corrected chi connectivity index (χ1v) is 10.1. The zero-order valence-corrected chi connectivity index (χ0v) is 18.5. The van der Waals surface area contributed by atoms with Crippen molar-refractivity contribution in [3.63, 3.8) is 0 Å². The largest absolute Gasteiger partial charge is 0.480 e. The summed E-state index contributed by atoms with van der Waals surface area (Å²) in [4.78, 5) is 32.2. The van der Waals surface area contributed by atoms with Crippen LogP contribution in [0.3, 0.4) is 0 Å². The lowest BCUT2D eigenvalue weighted by Gasteiger charge is -2.31. The second-order valence-corrected chi connectivity index (χ2v) is 7.29. The number of hydrazone groups is 1. The van der Waals surface area contributed by atoms with Crippen molar-refractivity contribution < 1.29 is 23.8 Å². The fraction of sp³-hybridized carbons (Fsp3) is 0.364. The highest BCUT2D eigenvalue weighted by Crippen LogP contribution is 2.35. The fourth-order valence-electron chi connectivity index (χ4n) is 3.55. The molecule has 1 aliphatic heterocycles. The summed E-state index contributed by atoms with van der Waals surface area (Å²) in [6, 6.07) is 4.34. The minimum atomic E-state index is -0.777. The van der Waals surface area contributed by atoms with Gasteiger partial charge in [0.15, 0.2) is 5.84 Å². The summed E-state index contributed by atoms with van der Waals surface area (Å²) in [5.74, 6) is -0.634. The predicted molar refractivity (Wildman–Crippen MR) is 119 cm³/mol. The standard InChI is InChI=1S/C22H26FN5O4/c1-5-26(3)19(12-29)25-28(13-30)18-10-15-7-9-27(22(31)16(15)11-17(18)23)20-14(2)6-8-24-21(20)32-4/h6,8,10-11,13,29H,5,7,9,12H2,1-4H3/b25-19-. The van der Waals surface area contributed by atoms with Crippen LogP contribution in [0.4, 0.5) is 15.8 Å². The molecule has 0 fully saturated rings. The highest BCUT2D eigenvalue weighted by molar-refractivity contribution is 6.09. The maximum atomic E-state index is 15.0. The Morgan fingerprint density at radius 1 is 1.44 bits per heavy atom. The minimum Gasteiger partial charge on any atom is -0.480 e. The first kappa shape index (κ1) is 23.1. The Bertz CT molecular complexity index is 1060. The van der Waals surface area contributed by atoms with Crippen molar-refractivity contribution in [2.75, 3.05) is 43.8 Å². The van der Waals surface area contributed by atoms with E-state index >= 15 is 4.39 Å². The van der Waals surface area contributed by atoms with Gasteiger partial charge in [-0.3, -0.25) is 9.59 Å². The third-order valence-electron chi connectivity index (χ3n) is 5.43. The molecule has 2 heterocycles. The number of rotatable bonds is 7. The van der Waals surface area contributed by atoms with E-state index in [1.165, 1.54) is 18.1 Å². The summed E-state index contributed by atoms with van der Waals surface area (Å²) < 4.78 is 20.3. The second-order valence-electron chi connectivity index (χ2n) is 7.29. The van der Waals surface area contributed by atoms with Crippen molar-refractivity contribution in [2.24, 2.45) is 5.10 Å². The number of aryl methyl sites for hydroxylation is 1. The smallest absolute Gasteiger partial charge is 0.258 e. The van der Waals surface area contributed by atoms with Crippen LogP contribution in [0, 0.1) is 12.7 Å². The van der Waals surface area contributed by atoms with E-state index in [1.54, 1.807) is 24.2 Å². The molecule has 1 aliphatic rings. The van der Waals surface area contributed by atoms with Gasteiger partial charge in [0.05, 0.1) is 7.11 Å². The Kier molecular flexibility index (Phi) is 7.04. The summed E-state index contributed by atoms with van der Waals surface area (Å²) in [5.41, 5.74) is 2.06. The molecule has 0 bridgehead atoms. The third kappa shape index (κ3) is 4.26. The number of fused-ring (bicyclic) bond motifs is 1. The van der Waals surface area contributed by atoms with E-state index in [2.05, 4.69) is 10.1 Å². The number of methoxy groups -OCH3 is 1. The molecule has 9 nitrogen and oxygen atoms in total. The molecule has 2 aromatic rings. The Morgan fingerprint density at radius 3 is 2.81 bits per heavy atom. The van der Waals surface area contributed by atoms with Gasteiger partial charge in [-0.15, -0.1) is 5.10 Å². The number of nitrogens with zero attached hydrogens (tertiary/aromatic N) is 5. The van der Waals surface area contributed by atoms with E-state index in [1.807, 2.05) is 13.8 Å². The van der Waals surface area contributed by atoms with Crippen LogP contribution in [-0.2, 0) is 11.2 Å². The van der Waals surface area contributed by atoms with Crippen molar-refractivity contribution >= 4 is 29.5 Å². The number of hydrogen-bond acceptors (Lipinski definition) is 6. The molecule has 0 aliphatic carbocycles. The molecule has 170 valence electrons. The molecule has 0 saturated carbocycles. The highest BCUT2D eigenvalue weighted by atomic mass is 19.1. The average Bonchev–Trinajstić information content (AvgIpc) is 2.80. The number of ether oxygens (including phenoxy) is 1. The highest BCUT2D eigenvalue weighted by Gasteiger charge is 2.31. The molecule has 0 radical (unpaired) electrons. The summed E-state index contributed by atoms with van der Waals surface area (Å²) in [6.07, 6.45) is 2.39. The van der Waals surface area contributed by atoms with Gasteiger partial charge >= 0.3 is 0 Å². The SMILES string of the molecule is CCN(C)/C(CO)=N\N(C=O)c1cc2c(cc1F)C(=O)N(c1c(C)ccnc1OC)CC2. The van der Waals surface area contributed by atoms with Crippen LogP contribution in [0.2, 0.25) is 0 Å². The maximum absolute atomic E-state index is 15.0. The van der Waals surface area contributed by atoms with Gasteiger partial charge in [-0.1, -0.05) is 0 Å². The van der Waals surface area contributed by atoms with E-state index < -0.39 is 12.4 Å². The minimum absolute atomic E-state index is 0.0920. The summed E-state index contributed by atoms with van der Waals surface area (Å²) in [5, 5.41) is 14.5. The van der Waals surface area contributed by atoms with Crippen LogP contribution >= 0.6 is 0 Å². The number of aromatic nitrogens is 1. The van der Waals surface area contributed by atoms with Crippen LogP contribution in [0.5, 0.6) is 5.88 Å². The second kappa shape index (κ2) is 9.73. The maximum Gasteiger partial charge on any atom is 0.258 e. The third-order valence-corrected chi connectivity index (χ3v) is 5.43. The molecule has 0 atom stereocenters. The zero-order valence-electron chi connectivity index (χ0n) is 18.5. The average molecular weight is 443 g/mol. The quantitative estimate of drug-likeness (QED) is 0.304. The van der Waals surface area contributed by atoms with Crippen molar-refractivity contribution in [3.8, 4) is 5.88 Å². The summed E-state index contributed by atoms with van der Waals surface area (Å²) >= 11 is 0. The number of carbonyl (C=O) groups excluding carboxylic acids is 2. The fourth-order valence-corrected chi connectivity index (χ4v) is 3.55. The van der Waals surface area contributed by atoms with Gasteiger partial charge in [-0.25, -0.2) is 9.37 Å². The number of carbonyl (C=O) groups is 2. The number of benzene rings is 1. The summed E-state index contributed by atoms with van der Waals surface area (Å²) in [6.45, 7) is 4.16. The first-order valence-electron chi connectivity index (χ1n) is 10.1. The number of pyridine rings is 1. The van der Waals surface area contributed by atoms with Crippen LogP contribution in [0.15, 0.2) is 29.5 Å². The normalized spacial score (nSPS) is 13.6. The molecule has 32 heavy (non-hydrogen) atoms. The van der Waals surface area contributed by atoms with Crippen LogP contribution in [0.1, 0.15) is 28.4 Å². The summed E-state index contributed by atoms with van der Waals surface area (Å²) in [7, 11) is 3.17.